The second kappa shape index (κ2) is 4.44. The van der Waals surface area contributed by atoms with Crippen LogP contribution in [0.4, 0.5) is 0 Å². The smallest absolute Gasteiger partial charge is 0.0830 e. The van der Waals surface area contributed by atoms with Crippen molar-refractivity contribution in [3.8, 4) is 5.69 Å². The first-order chi connectivity index (χ1) is 7.50. The van der Waals surface area contributed by atoms with Gasteiger partial charge in [-0.3, -0.25) is 0 Å². The van der Waals surface area contributed by atoms with E-state index in [9.17, 15) is 0 Å². The zero-order chi connectivity index (χ0) is 11.9. The molecule has 0 aliphatic heterocycles. The highest BCUT2D eigenvalue weighted by Gasteiger charge is 2.12. The van der Waals surface area contributed by atoms with Gasteiger partial charge in [0.05, 0.1) is 15.7 Å². The highest BCUT2D eigenvalue weighted by atomic mass is 79.9. The zero-order valence-electron chi connectivity index (χ0n) is 8.89. The molecule has 0 saturated heterocycles. The van der Waals surface area contributed by atoms with E-state index in [2.05, 4.69) is 20.5 Å². The SMILES string of the molecule is Cc1ccc(C)n1-c1c(Cl)cc(Br)cc1Cl. The van der Waals surface area contributed by atoms with Crippen molar-refractivity contribution in [3.05, 3.63) is 50.2 Å². The molecule has 2 rings (SSSR count). The highest BCUT2D eigenvalue weighted by Crippen LogP contribution is 2.34. The molecule has 0 saturated carbocycles. The fourth-order valence-corrected chi connectivity index (χ4v) is 3.15. The van der Waals surface area contributed by atoms with Gasteiger partial charge >= 0.3 is 0 Å². The molecule has 0 aliphatic rings. The second-order valence-corrected chi connectivity index (χ2v) is 5.40. The van der Waals surface area contributed by atoms with Crippen LogP contribution in [0.5, 0.6) is 0 Å². The van der Waals surface area contributed by atoms with Crippen molar-refractivity contribution in [1.29, 1.82) is 0 Å². The van der Waals surface area contributed by atoms with E-state index >= 15 is 0 Å². The van der Waals surface area contributed by atoms with Gasteiger partial charge in [-0.2, -0.15) is 0 Å². The van der Waals surface area contributed by atoms with E-state index < -0.39 is 0 Å². The lowest BCUT2D eigenvalue weighted by Crippen LogP contribution is -2.00. The number of nitrogens with zero attached hydrogens (tertiary/aromatic N) is 1. The summed E-state index contributed by atoms with van der Waals surface area (Å²) >= 11 is 15.8. The fourth-order valence-electron chi connectivity index (χ4n) is 1.77. The Bertz CT molecular complexity index is 503. The molecule has 1 nitrogen and oxygen atoms in total. The minimum absolute atomic E-state index is 0.641. The molecule has 0 atom stereocenters. The minimum Gasteiger partial charge on any atom is -0.316 e. The lowest BCUT2D eigenvalue weighted by atomic mass is 10.3. The van der Waals surface area contributed by atoms with Crippen LogP contribution in [0.15, 0.2) is 28.7 Å². The van der Waals surface area contributed by atoms with Crippen LogP contribution in [-0.4, -0.2) is 4.57 Å². The van der Waals surface area contributed by atoms with Crippen LogP contribution >= 0.6 is 39.1 Å². The molecular weight excluding hydrogens is 309 g/mol. The molecule has 0 unspecified atom stereocenters. The predicted molar refractivity (Wildman–Crippen MR) is 73.0 cm³/mol. The molecular formula is C12H10BrCl2N. The molecule has 0 radical (unpaired) electrons. The molecule has 16 heavy (non-hydrogen) atoms. The Morgan fingerprint density at radius 2 is 1.44 bits per heavy atom. The van der Waals surface area contributed by atoms with E-state index in [1.165, 1.54) is 0 Å². The summed E-state index contributed by atoms with van der Waals surface area (Å²) in [6.45, 7) is 4.06. The first-order valence-electron chi connectivity index (χ1n) is 4.80. The summed E-state index contributed by atoms with van der Waals surface area (Å²) in [6.07, 6.45) is 0. The molecule has 84 valence electrons. The molecule has 4 heteroatoms. The van der Waals surface area contributed by atoms with Gasteiger partial charge in [0.2, 0.25) is 0 Å². The third-order valence-electron chi connectivity index (χ3n) is 2.48. The monoisotopic (exact) mass is 317 g/mol. The topological polar surface area (TPSA) is 4.93 Å². The van der Waals surface area contributed by atoms with E-state index in [-0.39, 0.29) is 0 Å². The van der Waals surface area contributed by atoms with Gasteiger partial charge in [-0.25, -0.2) is 0 Å². The van der Waals surface area contributed by atoms with Gasteiger partial charge in [0.1, 0.15) is 0 Å². The predicted octanol–water partition coefficient (Wildman–Crippen LogP) is 5.16. The number of rotatable bonds is 1. The summed E-state index contributed by atoms with van der Waals surface area (Å²) in [5, 5.41) is 1.28. The van der Waals surface area contributed by atoms with E-state index in [1.54, 1.807) is 0 Å². The Labute approximate surface area is 113 Å². The van der Waals surface area contributed by atoms with Crippen molar-refractivity contribution in [2.75, 3.05) is 0 Å². The van der Waals surface area contributed by atoms with Crippen LogP contribution in [0.2, 0.25) is 10.0 Å². The van der Waals surface area contributed by atoms with E-state index in [1.807, 2.05) is 38.1 Å². The summed E-state index contributed by atoms with van der Waals surface area (Å²) in [6, 6.07) is 7.79. The van der Waals surface area contributed by atoms with Gasteiger partial charge in [-0.1, -0.05) is 39.1 Å². The van der Waals surface area contributed by atoms with Crippen molar-refractivity contribution in [3.63, 3.8) is 0 Å². The third-order valence-corrected chi connectivity index (χ3v) is 3.51. The lowest BCUT2D eigenvalue weighted by Gasteiger charge is -2.13. The number of benzene rings is 1. The molecule has 0 amide bonds. The van der Waals surface area contributed by atoms with Crippen molar-refractivity contribution >= 4 is 39.1 Å². The number of hydrogen-bond donors (Lipinski definition) is 0. The molecule has 0 fully saturated rings. The molecule has 1 aromatic heterocycles. The Kier molecular flexibility index (Phi) is 3.34. The standard InChI is InChI=1S/C12H10BrCl2N/c1-7-3-4-8(2)16(7)12-10(14)5-9(13)6-11(12)15/h3-6H,1-2H3. The molecule has 0 bridgehead atoms. The second-order valence-electron chi connectivity index (χ2n) is 3.67. The molecule has 1 heterocycles. The van der Waals surface area contributed by atoms with Gasteiger partial charge in [-0.15, -0.1) is 0 Å². The van der Waals surface area contributed by atoms with E-state index in [0.29, 0.717) is 10.0 Å². The van der Waals surface area contributed by atoms with Crippen LogP contribution in [0.1, 0.15) is 11.4 Å². The molecule has 2 aromatic rings. The summed E-state index contributed by atoms with van der Waals surface area (Å²) in [4.78, 5) is 0. The van der Waals surface area contributed by atoms with E-state index in [4.69, 9.17) is 23.2 Å². The van der Waals surface area contributed by atoms with Gasteiger partial charge < -0.3 is 4.57 Å². The van der Waals surface area contributed by atoms with Crippen molar-refractivity contribution in [1.82, 2.24) is 4.57 Å². The van der Waals surface area contributed by atoms with Gasteiger partial charge in [0.15, 0.2) is 0 Å². The molecule has 0 spiro atoms. The Balaban J connectivity index is 2.74. The fraction of sp³-hybridized carbons (Fsp3) is 0.167. The van der Waals surface area contributed by atoms with Crippen LogP contribution in [0.25, 0.3) is 5.69 Å². The summed E-state index contributed by atoms with van der Waals surface area (Å²) in [7, 11) is 0. The maximum absolute atomic E-state index is 6.23. The molecule has 0 aliphatic carbocycles. The summed E-state index contributed by atoms with van der Waals surface area (Å²) < 4.78 is 2.94. The maximum Gasteiger partial charge on any atom is 0.0830 e. The van der Waals surface area contributed by atoms with Crippen LogP contribution in [0.3, 0.4) is 0 Å². The van der Waals surface area contributed by atoms with Gasteiger partial charge in [-0.05, 0) is 38.1 Å². The Morgan fingerprint density at radius 3 is 1.88 bits per heavy atom. The van der Waals surface area contributed by atoms with Crippen molar-refractivity contribution < 1.29 is 0 Å². The average molecular weight is 319 g/mol. The minimum atomic E-state index is 0.641. The quantitative estimate of drug-likeness (QED) is 0.684. The number of halogens is 3. The largest absolute Gasteiger partial charge is 0.316 e. The Hall–Kier alpha value is -0.440. The number of aromatic nitrogens is 1. The van der Waals surface area contributed by atoms with Crippen LogP contribution < -0.4 is 0 Å². The Morgan fingerprint density at radius 1 is 1.00 bits per heavy atom. The third kappa shape index (κ3) is 2.02. The first-order valence-corrected chi connectivity index (χ1v) is 6.35. The maximum atomic E-state index is 6.23. The number of hydrogen-bond acceptors (Lipinski definition) is 0. The first kappa shape index (κ1) is 12.0. The van der Waals surface area contributed by atoms with Gasteiger partial charge in [0.25, 0.3) is 0 Å². The van der Waals surface area contributed by atoms with Gasteiger partial charge in [0, 0.05) is 15.9 Å². The highest BCUT2D eigenvalue weighted by molar-refractivity contribution is 9.10. The number of aryl methyl sites for hydroxylation is 2. The molecule has 1 aromatic carbocycles. The normalized spacial score (nSPS) is 10.8. The van der Waals surface area contributed by atoms with Crippen LogP contribution in [-0.2, 0) is 0 Å². The average Bonchev–Trinajstić information content (AvgIpc) is 2.47. The van der Waals surface area contributed by atoms with Crippen molar-refractivity contribution in [2.24, 2.45) is 0 Å². The van der Waals surface area contributed by atoms with Crippen molar-refractivity contribution in [2.45, 2.75) is 13.8 Å². The lowest BCUT2D eigenvalue weighted by molar-refractivity contribution is 0.966. The summed E-state index contributed by atoms with van der Waals surface area (Å²) in [5.41, 5.74) is 3.07. The zero-order valence-corrected chi connectivity index (χ0v) is 12.0. The molecule has 0 N–H and O–H groups in total. The van der Waals surface area contributed by atoms with Crippen LogP contribution in [0, 0.1) is 13.8 Å². The van der Waals surface area contributed by atoms with E-state index in [0.717, 1.165) is 21.5 Å². The summed E-state index contributed by atoms with van der Waals surface area (Å²) in [5.74, 6) is 0.